The molecular formula is C24H27F2N5O2. The van der Waals surface area contributed by atoms with E-state index in [1.54, 1.807) is 19.1 Å². The number of alkyl halides is 2. The van der Waals surface area contributed by atoms with Crippen LogP contribution >= 0.6 is 0 Å². The smallest absolute Gasteiger partial charge is 0.356 e. The van der Waals surface area contributed by atoms with Crippen molar-refractivity contribution in [1.29, 1.82) is 0 Å². The Bertz CT molecular complexity index is 1220. The largest absolute Gasteiger partial charge is 0.476 e. The van der Waals surface area contributed by atoms with Gasteiger partial charge in [-0.15, -0.1) is 0 Å². The van der Waals surface area contributed by atoms with Crippen LogP contribution < -0.4 is 10.2 Å². The molecule has 3 aromatic rings. The molecule has 1 atom stereocenters. The van der Waals surface area contributed by atoms with Gasteiger partial charge in [0, 0.05) is 37.2 Å². The van der Waals surface area contributed by atoms with Crippen molar-refractivity contribution in [2.45, 2.75) is 52.5 Å². The molecule has 33 heavy (non-hydrogen) atoms. The molecule has 174 valence electrons. The van der Waals surface area contributed by atoms with E-state index in [-0.39, 0.29) is 37.7 Å². The van der Waals surface area contributed by atoms with Gasteiger partial charge in [-0.3, -0.25) is 0 Å². The number of nitrogens with one attached hydrogen (secondary N) is 1. The Morgan fingerprint density at radius 1 is 1.12 bits per heavy atom. The van der Waals surface area contributed by atoms with E-state index in [4.69, 9.17) is 9.97 Å². The summed E-state index contributed by atoms with van der Waals surface area (Å²) >= 11 is 0. The molecule has 1 fully saturated rings. The third-order valence-corrected chi connectivity index (χ3v) is 5.96. The SMILES string of the molecule is Cc1cc(C(C)Nc2ccc(C)nc2C(=O)O)c2nc(N3CCC(F)(F)CC3)c(C)nc2c1. The lowest BCUT2D eigenvalue weighted by Crippen LogP contribution is -2.40. The number of piperidine rings is 1. The number of aryl methyl sites for hydroxylation is 3. The highest BCUT2D eigenvalue weighted by Gasteiger charge is 2.35. The Balaban J connectivity index is 1.74. The van der Waals surface area contributed by atoms with Crippen LogP contribution in [0, 0.1) is 20.8 Å². The number of rotatable bonds is 5. The number of fused-ring (bicyclic) bond motifs is 1. The summed E-state index contributed by atoms with van der Waals surface area (Å²) in [6.07, 6.45) is -0.410. The summed E-state index contributed by atoms with van der Waals surface area (Å²) < 4.78 is 27.3. The molecular weight excluding hydrogens is 428 g/mol. The number of carboxylic acids is 1. The fourth-order valence-corrected chi connectivity index (χ4v) is 4.23. The number of benzene rings is 1. The maximum atomic E-state index is 13.7. The molecule has 0 aliphatic carbocycles. The fraction of sp³-hybridized carbons (Fsp3) is 0.417. The number of hydrogen-bond donors (Lipinski definition) is 2. The van der Waals surface area contributed by atoms with Crippen molar-refractivity contribution in [3.63, 3.8) is 0 Å². The molecule has 1 saturated heterocycles. The van der Waals surface area contributed by atoms with E-state index in [0.717, 1.165) is 11.1 Å². The first-order chi connectivity index (χ1) is 15.5. The number of hydrogen-bond acceptors (Lipinski definition) is 6. The summed E-state index contributed by atoms with van der Waals surface area (Å²) in [7, 11) is 0. The van der Waals surface area contributed by atoms with Gasteiger partial charge in [-0.1, -0.05) is 6.07 Å². The lowest BCUT2D eigenvalue weighted by molar-refractivity contribution is -0.0221. The van der Waals surface area contributed by atoms with E-state index >= 15 is 0 Å². The number of aromatic nitrogens is 3. The molecule has 0 saturated carbocycles. The van der Waals surface area contributed by atoms with Crippen LogP contribution in [0.15, 0.2) is 24.3 Å². The van der Waals surface area contributed by atoms with Crippen molar-refractivity contribution >= 4 is 28.5 Å². The second-order valence-corrected chi connectivity index (χ2v) is 8.72. The molecule has 7 nitrogen and oxygen atoms in total. The van der Waals surface area contributed by atoms with Crippen molar-refractivity contribution in [2.24, 2.45) is 0 Å². The Labute approximate surface area is 190 Å². The van der Waals surface area contributed by atoms with Crippen molar-refractivity contribution in [3.8, 4) is 0 Å². The van der Waals surface area contributed by atoms with Crippen molar-refractivity contribution in [2.75, 3.05) is 23.3 Å². The van der Waals surface area contributed by atoms with E-state index in [9.17, 15) is 18.7 Å². The Morgan fingerprint density at radius 3 is 2.48 bits per heavy atom. The van der Waals surface area contributed by atoms with Gasteiger partial charge in [-0.25, -0.2) is 28.5 Å². The Kier molecular flexibility index (Phi) is 5.90. The molecule has 0 amide bonds. The number of halogens is 2. The predicted octanol–water partition coefficient (Wildman–Crippen LogP) is 5.06. The second kappa shape index (κ2) is 8.53. The van der Waals surface area contributed by atoms with Crippen LogP contribution in [0.4, 0.5) is 20.3 Å². The highest BCUT2D eigenvalue weighted by molar-refractivity contribution is 5.92. The zero-order valence-electron chi connectivity index (χ0n) is 19.1. The third kappa shape index (κ3) is 4.72. The highest BCUT2D eigenvalue weighted by Crippen LogP contribution is 2.33. The monoisotopic (exact) mass is 455 g/mol. The van der Waals surface area contributed by atoms with Crippen LogP contribution in [0.25, 0.3) is 11.0 Å². The Hall–Kier alpha value is -3.36. The van der Waals surface area contributed by atoms with E-state index in [0.29, 0.717) is 33.9 Å². The van der Waals surface area contributed by atoms with Crippen LogP contribution in [0.5, 0.6) is 0 Å². The van der Waals surface area contributed by atoms with Crippen LogP contribution in [0.2, 0.25) is 0 Å². The third-order valence-electron chi connectivity index (χ3n) is 5.96. The van der Waals surface area contributed by atoms with E-state index < -0.39 is 11.9 Å². The molecule has 0 radical (unpaired) electrons. The molecule has 4 rings (SSSR count). The number of carboxylic acid groups (broad SMARTS) is 1. The van der Waals surface area contributed by atoms with Crippen molar-refractivity contribution in [1.82, 2.24) is 15.0 Å². The summed E-state index contributed by atoms with van der Waals surface area (Å²) in [5.74, 6) is -3.14. The van der Waals surface area contributed by atoms with Gasteiger partial charge in [0.2, 0.25) is 0 Å². The van der Waals surface area contributed by atoms with Crippen molar-refractivity contribution < 1.29 is 18.7 Å². The summed E-state index contributed by atoms with van der Waals surface area (Å²) in [5, 5.41) is 12.8. The predicted molar refractivity (Wildman–Crippen MR) is 123 cm³/mol. The average Bonchev–Trinajstić information content (AvgIpc) is 2.74. The normalized spacial score (nSPS) is 16.6. The maximum Gasteiger partial charge on any atom is 0.356 e. The minimum absolute atomic E-state index is 0.0457. The summed E-state index contributed by atoms with van der Waals surface area (Å²) in [5.41, 5.74) is 4.89. The van der Waals surface area contributed by atoms with Gasteiger partial charge in [0.05, 0.1) is 28.5 Å². The van der Waals surface area contributed by atoms with E-state index in [1.807, 2.05) is 37.8 Å². The molecule has 1 unspecified atom stereocenters. The van der Waals surface area contributed by atoms with E-state index in [1.165, 1.54) is 0 Å². The average molecular weight is 456 g/mol. The van der Waals surface area contributed by atoms with Gasteiger partial charge >= 0.3 is 5.97 Å². The number of aromatic carboxylic acids is 1. The first kappa shape index (κ1) is 22.8. The van der Waals surface area contributed by atoms with Gasteiger partial charge in [-0.2, -0.15) is 0 Å². The second-order valence-electron chi connectivity index (χ2n) is 8.72. The van der Waals surface area contributed by atoms with Gasteiger partial charge in [-0.05, 0) is 51.5 Å². The van der Waals surface area contributed by atoms with Crippen LogP contribution in [0.3, 0.4) is 0 Å². The number of nitrogens with zero attached hydrogens (tertiary/aromatic N) is 4. The van der Waals surface area contributed by atoms with Gasteiger partial charge in [0.1, 0.15) is 0 Å². The molecule has 0 bridgehead atoms. The van der Waals surface area contributed by atoms with Crippen LogP contribution in [-0.2, 0) is 0 Å². The zero-order chi connectivity index (χ0) is 23.9. The quantitative estimate of drug-likeness (QED) is 0.556. The first-order valence-electron chi connectivity index (χ1n) is 10.9. The van der Waals surface area contributed by atoms with Crippen LogP contribution in [-0.4, -0.2) is 45.0 Å². The summed E-state index contributed by atoms with van der Waals surface area (Å²) in [6, 6.07) is 7.08. The van der Waals surface area contributed by atoms with Crippen molar-refractivity contribution in [3.05, 3.63) is 52.5 Å². The fourth-order valence-electron chi connectivity index (χ4n) is 4.23. The molecule has 0 spiro atoms. The summed E-state index contributed by atoms with van der Waals surface area (Å²) in [6.45, 7) is 7.91. The minimum Gasteiger partial charge on any atom is -0.476 e. The molecule has 1 aromatic carbocycles. The molecule has 2 aromatic heterocycles. The molecule has 3 heterocycles. The van der Waals surface area contributed by atoms with Gasteiger partial charge in [0.25, 0.3) is 5.92 Å². The van der Waals surface area contributed by atoms with E-state index in [2.05, 4.69) is 10.3 Å². The molecule has 9 heteroatoms. The molecule has 1 aliphatic heterocycles. The number of carbonyl (C=O) groups is 1. The minimum atomic E-state index is -2.64. The molecule has 1 aliphatic rings. The van der Waals surface area contributed by atoms with Crippen LogP contribution in [0.1, 0.15) is 58.8 Å². The highest BCUT2D eigenvalue weighted by atomic mass is 19.3. The number of anilines is 2. The lowest BCUT2D eigenvalue weighted by Gasteiger charge is -2.33. The standard InChI is InChI=1S/C24H27F2N5O2/c1-13-11-17(15(3)28-18-6-5-14(2)27-21(18)23(32)33)20-19(12-13)29-16(4)22(30-20)31-9-7-24(25,26)8-10-31/h5-6,11-12,15,28H,7-10H2,1-4H3,(H,32,33). The zero-order valence-corrected chi connectivity index (χ0v) is 19.1. The number of pyridine rings is 1. The Morgan fingerprint density at radius 2 is 1.82 bits per heavy atom. The summed E-state index contributed by atoms with van der Waals surface area (Å²) in [4.78, 5) is 27.3. The lowest BCUT2D eigenvalue weighted by atomic mass is 10.0. The van der Waals surface area contributed by atoms with Gasteiger partial charge in [0.15, 0.2) is 11.5 Å². The topological polar surface area (TPSA) is 91.2 Å². The molecule has 2 N–H and O–H groups in total. The first-order valence-corrected chi connectivity index (χ1v) is 10.9. The van der Waals surface area contributed by atoms with Gasteiger partial charge < -0.3 is 15.3 Å². The maximum absolute atomic E-state index is 13.7.